The molecule has 1 heterocycles. The van der Waals surface area contributed by atoms with Gasteiger partial charge >= 0.3 is 0 Å². The Morgan fingerprint density at radius 2 is 2.00 bits per heavy atom. The van der Waals surface area contributed by atoms with Gasteiger partial charge in [-0.2, -0.15) is 10.2 Å². The van der Waals surface area contributed by atoms with Crippen LogP contribution in [0.25, 0.3) is 5.69 Å². The molecule has 0 atom stereocenters. The Hall–Kier alpha value is -2.10. The van der Waals surface area contributed by atoms with Crippen molar-refractivity contribution < 1.29 is 0 Å². The number of benzene rings is 1. The van der Waals surface area contributed by atoms with E-state index in [9.17, 15) is 0 Å². The quantitative estimate of drug-likeness (QED) is 0.576. The van der Waals surface area contributed by atoms with E-state index in [0.717, 1.165) is 11.3 Å². The number of rotatable bonds is 3. The van der Waals surface area contributed by atoms with Crippen LogP contribution in [0.4, 0.5) is 0 Å². The molecule has 0 bridgehead atoms. The molecule has 0 amide bonds. The number of hydrogen-bond acceptors (Lipinski definition) is 3. The van der Waals surface area contributed by atoms with Gasteiger partial charge in [0.15, 0.2) is 0 Å². The van der Waals surface area contributed by atoms with Gasteiger partial charge in [0.05, 0.1) is 18.1 Å². The Morgan fingerprint density at radius 3 is 2.69 bits per heavy atom. The molecule has 0 radical (unpaired) electrons. The highest BCUT2D eigenvalue weighted by atomic mass is 15.4. The van der Waals surface area contributed by atoms with Crippen LogP contribution in [0.15, 0.2) is 47.8 Å². The highest BCUT2D eigenvalue weighted by molar-refractivity contribution is 5.78. The van der Waals surface area contributed by atoms with Crippen molar-refractivity contribution in [1.29, 1.82) is 0 Å². The van der Waals surface area contributed by atoms with Gasteiger partial charge in [-0.1, -0.05) is 18.2 Å². The van der Waals surface area contributed by atoms with Gasteiger partial charge in [0.1, 0.15) is 0 Å². The molecule has 0 aliphatic carbocycles. The fourth-order valence-corrected chi connectivity index (χ4v) is 1.31. The van der Waals surface area contributed by atoms with Crippen LogP contribution < -0.4 is 0 Å². The third kappa shape index (κ3) is 2.48. The summed E-state index contributed by atoms with van der Waals surface area (Å²) in [6.45, 7) is 0. The monoisotopic (exact) mass is 214 g/mol. The molecule has 4 heteroatoms. The first-order valence-electron chi connectivity index (χ1n) is 5.07. The van der Waals surface area contributed by atoms with Gasteiger partial charge in [0.2, 0.25) is 0 Å². The van der Waals surface area contributed by atoms with Gasteiger partial charge in [-0.05, 0) is 12.1 Å². The zero-order chi connectivity index (χ0) is 11.4. The maximum Gasteiger partial charge on any atom is 0.0645 e. The van der Waals surface area contributed by atoms with Crippen molar-refractivity contribution in [2.45, 2.75) is 0 Å². The molecule has 4 nitrogen and oxygen atoms in total. The molecule has 0 N–H and O–H groups in total. The Bertz CT molecular complexity index is 471. The van der Waals surface area contributed by atoms with Crippen molar-refractivity contribution in [3.8, 4) is 5.69 Å². The summed E-state index contributed by atoms with van der Waals surface area (Å²) in [5, 5.41) is 10.2. The van der Waals surface area contributed by atoms with E-state index in [4.69, 9.17) is 0 Å². The van der Waals surface area contributed by atoms with Crippen LogP contribution in [0, 0.1) is 0 Å². The Labute approximate surface area is 94.8 Å². The van der Waals surface area contributed by atoms with Crippen LogP contribution in [0.3, 0.4) is 0 Å². The maximum absolute atomic E-state index is 4.27. The molecule has 2 rings (SSSR count). The van der Waals surface area contributed by atoms with E-state index in [0.29, 0.717) is 0 Å². The second-order valence-corrected chi connectivity index (χ2v) is 3.65. The number of hydrogen-bond donors (Lipinski definition) is 0. The van der Waals surface area contributed by atoms with Crippen molar-refractivity contribution in [2.75, 3.05) is 14.1 Å². The highest BCUT2D eigenvalue weighted by Gasteiger charge is 1.97. The molecule has 1 aromatic heterocycles. The van der Waals surface area contributed by atoms with Crippen molar-refractivity contribution in [3.63, 3.8) is 0 Å². The van der Waals surface area contributed by atoms with Gasteiger partial charge in [-0.15, -0.1) is 0 Å². The Morgan fingerprint density at radius 1 is 1.25 bits per heavy atom. The van der Waals surface area contributed by atoms with Crippen LogP contribution >= 0.6 is 0 Å². The average molecular weight is 214 g/mol. The standard InChI is InChI=1S/C12H14N4/c1-15(2)13-8-11-9-14-16(10-11)12-6-4-3-5-7-12/h3-10H,1-2H3. The topological polar surface area (TPSA) is 33.4 Å². The molecule has 0 unspecified atom stereocenters. The lowest BCUT2D eigenvalue weighted by Gasteiger charge is -2.00. The molecular formula is C12H14N4. The smallest absolute Gasteiger partial charge is 0.0645 e. The third-order valence-electron chi connectivity index (χ3n) is 2.06. The van der Waals surface area contributed by atoms with Gasteiger partial charge in [-0.25, -0.2) is 4.68 Å². The van der Waals surface area contributed by atoms with Crippen LogP contribution in [0.5, 0.6) is 0 Å². The van der Waals surface area contributed by atoms with E-state index in [-0.39, 0.29) is 0 Å². The van der Waals surface area contributed by atoms with Gasteiger partial charge in [-0.3, -0.25) is 0 Å². The van der Waals surface area contributed by atoms with E-state index in [2.05, 4.69) is 10.2 Å². The van der Waals surface area contributed by atoms with E-state index in [1.165, 1.54) is 0 Å². The molecule has 16 heavy (non-hydrogen) atoms. The fourth-order valence-electron chi connectivity index (χ4n) is 1.31. The second-order valence-electron chi connectivity index (χ2n) is 3.65. The lowest BCUT2D eigenvalue weighted by molar-refractivity contribution is 0.440. The minimum atomic E-state index is 0.984. The molecule has 0 aliphatic heterocycles. The molecule has 2 aromatic rings. The van der Waals surface area contributed by atoms with Crippen LogP contribution in [-0.2, 0) is 0 Å². The fraction of sp³-hybridized carbons (Fsp3) is 0.167. The SMILES string of the molecule is CN(C)N=Cc1cnn(-c2ccccc2)c1. The lowest BCUT2D eigenvalue weighted by atomic mass is 10.3. The number of para-hydroxylation sites is 1. The average Bonchev–Trinajstić information content (AvgIpc) is 2.76. The predicted molar refractivity (Wildman–Crippen MR) is 64.8 cm³/mol. The van der Waals surface area contributed by atoms with Crippen molar-refractivity contribution >= 4 is 6.21 Å². The first kappa shape index (κ1) is 10.4. The number of hydrazone groups is 1. The Balaban J connectivity index is 2.20. The van der Waals surface area contributed by atoms with Gasteiger partial charge < -0.3 is 5.01 Å². The summed E-state index contributed by atoms with van der Waals surface area (Å²) in [6.07, 6.45) is 5.52. The lowest BCUT2D eigenvalue weighted by Crippen LogP contribution is -2.01. The molecular weight excluding hydrogens is 200 g/mol. The summed E-state index contributed by atoms with van der Waals surface area (Å²) in [7, 11) is 3.77. The third-order valence-corrected chi connectivity index (χ3v) is 2.06. The molecule has 82 valence electrons. The second kappa shape index (κ2) is 4.61. The minimum absolute atomic E-state index is 0.984. The van der Waals surface area contributed by atoms with E-state index in [1.807, 2.05) is 55.3 Å². The number of aromatic nitrogens is 2. The zero-order valence-electron chi connectivity index (χ0n) is 9.41. The van der Waals surface area contributed by atoms with Crippen LogP contribution in [0.1, 0.15) is 5.56 Å². The van der Waals surface area contributed by atoms with Crippen molar-refractivity contribution in [3.05, 3.63) is 48.3 Å². The molecule has 0 spiro atoms. The summed E-state index contributed by atoms with van der Waals surface area (Å²) in [6, 6.07) is 10.00. The minimum Gasteiger partial charge on any atom is -0.303 e. The summed E-state index contributed by atoms with van der Waals surface area (Å²) in [4.78, 5) is 0. The Kier molecular flexibility index (Phi) is 3.00. The first-order valence-corrected chi connectivity index (χ1v) is 5.07. The first-order chi connectivity index (χ1) is 7.75. The summed E-state index contributed by atoms with van der Waals surface area (Å²) >= 11 is 0. The van der Waals surface area contributed by atoms with Gasteiger partial charge in [0.25, 0.3) is 0 Å². The predicted octanol–water partition coefficient (Wildman–Crippen LogP) is 1.77. The normalized spacial score (nSPS) is 10.9. The summed E-state index contributed by atoms with van der Waals surface area (Å²) in [5.41, 5.74) is 2.03. The summed E-state index contributed by atoms with van der Waals surface area (Å²) < 4.78 is 1.83. The number of nitrogens with zero attached hydrogens (tertiary/aromatic N) is 4. The van der Waals surface area contributed by atoms with E-state index < -0.39 is 0 Å². The summed E-state index contributed by atoms with van der Waals surface area (Å²) in [5.74, 6) is 0. The highest BCUT2D eigenvalue weighted by Crippen LogP contribution is 2.06. The largest absolute Gasteiger partial charge is 0.303 e. The van der Waals surface area contributed by atoms with Crippen molar-refractivity contribution in [1.82, 2.24) is 14.8 Å². The maximum atomic E-state index is 4.27. The van der Waals surface area contributed by atoms with E-state index >= 15 is 0 Å². The molecule has 0 fully saturated rings. The molecule has 1 aromatic carbocycles. The van der Waals surface area contributed by atoms with E-state index in [1.54, 1.807) is 17.4 Å². The van der Waals surface area contributed by atoms with Gasteiger partial charge in [0, 0.05) is 25.9 Å². The molecule has 0 saturated heterocycles. The zero-order valence-corrected chi connectivity index (χ0v) is 9.41. The van der Waals surface area contributed by atoms with Crippen LogP contribution in [-0.4, -0.2) is 35.1 Å². The molecule has 0 aliphatic rings. The van der Waals surface area contributed by atoms with Crippen LogP contribution in [0.2, 0.25) is 0 Å². The molecule has 0 saturated carbocycles. The van der Waals surface area contributed by atoms with Crippen molar-refractivity contribution in [2.24, 2.45) is 5.10 Å².